The molecule has 0 saturated heterocycles. The van der Waals surface area contributed by atoms with Crippen LogP contribution in [-0.4, -0.2) is 15.0 Å². The lowest BCUT2D eigenvalue weighted by molar-refractivity contribution is 0.669. The van der Waals surface area contributed by atoms with E-state index in [2.05, 4.69) is 35.3 Å². The lowest BCUT2D eigenvalue weighted by Gasteiger charge is -2.10. The molecule has 0 saturated carbocycles. The molecule has 0 aliphatic rings. The maximum atomic E-state index is 8.63. The highest BCUT2D eigenvalue weighted by Gasteiger charge is 2.16. The van der Waals surface area contributed by atoms with Crippen LogP contribution in [0.1, 0.15) is 6.85 Å². The summed E-state index contributed by atoms with van der Waals surface area (Å²) in [5.74, 6) is 0.643. The van der Waals surface area contributed by atoms with Crippen LogP contribution in [0, 0.1) is 0 Å². The largest absolute Gasteiger partial charge is 0.456 e. The zero-order valence-electron chi connectivity index (χ0n) is 28.8. The number of fused-ring (bicyclic) bond motifs is 5. The van der Waals surface area contributed by atoms with E-state index in [4.69, 9.17) is 21.2 Å². The third-order valence-electron chi connectivity index (χ3n) is 8.18. The van der Waals surface area contributed by atoms with Crippen LogP contribution >= 0.6 is 0 Å². The first-order chi connectivity index (χ1) is 24.3. The fourth-order valence-corrected chi connectivity index (χ4v) is 5.99. The molecular formula is C41H25N3O. The highest BCUT2D eigenvalue weighted by molar-refractivity contribution is 6.15. The van der Waals surface area contributed by atoms with Crippen LogP contribution in [0.15, 0.2) is 156 Å². The van der Waals surface area contributed by atoms with Crippen LogP contribution in [0.25, 0.3) is 88.8 Å². The Morgan fingerprint density at radius 1 is 0.444 bits per heavy atom. The molecule has 210 valence electrons. The Kier molecular flexibility index (Phi) is 4.72. The Labute approximate surface area is 266 Å². The molecular weight excluding hydrogens is 550 g/mol. The Balaban J connectivity index is 1.20. The second kappa shape index (κ2) is 10.2. The van der Waals surface area contributed by atoms with Gasteiger partial charge in [-0.25, -0.2) is 15.0 Å². The topological polar surface area (TPSA) is 51.8 Å². The van der Waals surface area contributed by atoms with Crippen molar-refractivity contribution in [3.63, 3.8) is 0 Å². The maximum Gasteiger partial charge on any atom is 0.164 e. The van der Waals surface area contributed by atoms with Gasteiger partial charge in [-0.3, -0.25) is 0 Å². The van der Waals surface area contributed by atoms with Gasteiger partial charge in [-0.1, -0.05) is 127 Å². The van der Waals surface area contributed by atoms with Gasteiger partial charge >= 0.3 is 0 Å². The van der Waals surface area contributed by atoms with Gasteiger partial charge in [0, 0.05) is 27.5 Å². The summed E-state index contributed by atoms with van der Waals surface area (Å²) < 4.78 is 48.2. The van der Waals surface area contributed by atoms with Gasteiger partial charge in [0.25, 0.3) is 0 Å². The number of hydrogen-bond donors (Lipinski definition) is 0. The summed E-state index contributed by atoms with van der Waals surface area (Å²) in [6, 6.07) is 38.1. The fourth-order valence-electron chi connectivity index (χ4n) is 5.99. The van der Waals surface area contributed by atoms with Crippen molar-refractivity contribution in [3.8, 4) is 45.3 Å². The molecule has 0 fully saturated rings. The van der Waals surface area contributed by atoms with Gasteiger partial charge in [0.05, 0.1) is 6.85 Å². The number of benzene rings is 7. The van der Waals surface area contributed by atoms with Gasteiger partial charge in [0.2, 0.25) is 0 Å². The van der Waals surface area contributed by atoms with E-state index in [1.165, 1.54) is 0 Å². The molecule has 0 spiro atoms. The van der Waals surface area contributed by atoms with E-state index < -0.39 is 18.1 Å². The SMILES string of the molecule is [2H]c1c([2H])c([2H])c(-c2nc(-c3ccc(-c4cccc5oc6cc7ccccc7cc6c45)cc3)nc(-c3ccc4ccccc4c3)n2)c([2H])c1[2H]. The fraction of sp³-hybridized carbons (Fsp3) is 0. The van der Waals surface area contributed by atoms with E-state index in [1.807, 2.05) is 91.0 Å². The molecule has 0 aliphatic heterocycles. The van der Waals surface area contributed by atoms with Crippen molar-refractivity contribution in [2.24, 2.45) is 0 Å². The van der Waals surface area contributed by atoms with Crippen molar-refractivity contribution in [1.82, 2.24) is 15.0 Å². The normalized spacial score (nSPS) is 13.1. The first-order valence-electron chi connectivity index (χ1n) is 17.1. The molecule has 0 aliphatic carbocycles. The predicted octanol–water partition coefficient (Wildman–Crippen LogP) is 10.7. The Morgan fingerprint density at radius 2 is 1.04 bits per heavy atom. The van der Waals surface area contributed by atoms with Gasteiger partial charge in [0.1, 0.15) is 11.2 Å². The van der Waals surface area contributed by atoms with Crippen molar-refractivity contribution in [1.29, 1.82) is 0 Å². The van der Waals surface area contributed by atoms with E-state index in [-0.39, 0.29) is 23.5 Å². The molecule has 0 amide bonds. The van der Waals surface area contributed by atoms with Crippen LogP contribution in [0.2, 0.25) is 0 Å². The smallest absolute Gasteiger partial charge is 0.164 e. The number of rotatable bonds is 4. The second-order valence-electron chi connectivity index (χ2n) is 10.9. The molecule has 45 heavy (non-hydrogen) atoms. The molecule has 4 nitrogen and oxygen atoms in total. The van der Waals surface area contributed by atoms with E-state index in [1.54, 1.807) is 0 Å². The molecule has 7 aromatic carbocycles. The average Bonchev–Trinajstić information content (AvgIpc) is 3.52. The second-order valence-corrected chi connectivity index (χ2v) is 10.9. The van der Waals surface area contributed by atoms with Gasteiger partial charge in [0.15, 0.2) is 17.5 Å². The first-order valence-corrected chi connectivity index (χ1v) is 14.6. The van der Waals surface area contributed by atoms with Crippen LogP contribution in [0.4, 0.5) is 0 Å². The molecule has 9 aromatic rings. The highest BCUT2D eigenvalue weighted by atomic mass is 16.3. The monoisotopic (exact) mass is 580 g/mol. The standard InChI is InChI=1S/C41H25N3O/c1-2-10-28(11-3-1)39-42-40(44-41(43-39)33-22-17-26-9-4-5-12-30(26)23-33)29-20-18-27(19-21-29)34-15-8-16-36-38(34)35-24-31-13-6-7-14-32(31)25-37(35)45-36/h1-25H/i1D,2D,3D,10D,11D. The van der Waals surface area contributed by atoms with Crippen LogP contribution < -0.4 is 0 Å². The van der Waals surface area contributed by atoms with Crippen molar-refractivity contribution >= 4 is 43.5 Å². The van der Waals surface area contributed by atoms with E-state index in [9.17, 15) is 0 Å². The third kappa shape index (κ3) is 4.43. The van der Waals surface area contributed by atoms with Crippen molar-refractivity contribution in [2.45, 2.75) is 0 Å². The number of aromatic nitrogens is 3. The number of hydrogen-bond acceptors (Lipinski definition) is 4. The summed E-state index contributed by atoms with van der Waals surface area (Å²) in [4.78, 5) is 14.2. The van der Waals surface area contributed by atoms with Crippen LogP contribution in [0.5, 0.6) is 0 Å². The lowest BCUT2D eigenvalue weighted by Crippen LogP contribution is -2.00. The van der Waals surface area contributed by atoms with Crippen LogP contribution in [0.3, 0.4) is 0 Å². The Morgan fingerprint density at radius 3 is 1.80 bits per heavy atom. The summed E-state index contributed by atoms with van der Waals surface area (Å²) in [7, 11) is 0. The third-order valence-corrected chi connectivity index (χ3v) is 8.18. The minimum Gasteiger partial charge on any atom is -0.456 e. The number of nitrogens with zero attached hydrogens (tertiary/aromatic N) is 3. The minimum atomic E-state index is -0.475. The summed E-state index contributed by atoms with van der Waals surface area (Å²) >= 11 is 0. The summed E-state index contributed by atoms with van der Waals surface area (Å²) in [6.45, 7) is 0. The average molecular weight is 581 g/mol. The molecule has 0 N–H and O–H groups in total. The predicted molar refractivity (Wildman–Crippen MR) is 184 cm³/mol. The molecule has 2 heterocycles. The summed E-state index contributed by atoms with van der Waals surface area (Å²) in [5, 5.41) is 6.38. The first kappa shape index (κ1) is 20.7. The van der Waals surface area contributed by atoms with Gasteiger partial charge in [-0.2, -0.15) is 0 Å². The molecule has 0 radical (unpaired) electrons. The van der Waals surface area contributed by atoms with Crippen LogP contribution in [-0.2, 0) is 0 Å². The van der Waals surface area contributed by atoms with Gasteiger partial charge < -0.3 is 4.42 Å². The molecule has 4 heteroatoms. The zero-order valence-corrected chi connectivity index (χ0v) is 23.8. The van der Waals surface area contributed by atoms with E-state index >= 15 is 0 Å². The number of furan rings is 1. The Hall–Kier alpha value is -6.13. The molecule has 0 atom stereocenters. The van der Waals surface area contributed by atoms with Gasteiger partial charge in [-0.05, 0) is 56.9 Å². The molecule has 9 rings (SSSR count). The lowest BCUT2D eigenvalue weighted by atomic mass is 9.97. The van der Waals surface area contributed by atoms with Crippen molar-refractivity contribution in [2.75, 3.05) is 0 Å². The molecule has 2 aromatic heterocycles. The summed E-state index contributed by atoms with van der Waals surface area (Å²) in [6.07, 6.45) is 0. The van der Waals surface area contributed by atoms with Crippen molar-refractivity contribution < 1.29 is 11.3 Å². The minimum absolute atomic E-state index is 0.00102. The highest BCUT2D eigenvalue weighted by Crippen LogP contribution is 2.39. The zero-order chi connectivity index (χ0) is 34.1. The Bertz CT molecular complexity index is 2800. The molecule has 0 unspecified atom stereocenters. The van der Waals surface area contributed by atoms with Crippen molar-refractivity contribution in [3.05, 3.63) is 152 Å². The quantitative estimate of drug-likeness (QED) is 0.208. The molecule has 0 bridgehead atoms. The van der Waals surface area contributed by atoms with E-state index in [0.29, 0.717) is 22.8 Å². The maximum absolute atomic E-state index is 8.63. The summed E-state index contributed by atoms with van der Waals surface area (Å²) in [5.41, 5.74) is 4.95. The van der Waals surface area contributed by atoms with Gasteiger partial charge in [-0.15, -0.1) is 0 Å². The van der Waals surface area contributed by atoms with E-state index in [0.717, 1.165) is 54.6 Å².